The van der Waals surface area contributed by atoms with Gasteiger partial charge in [0, 0.05) is 17.0 Å². The number of para-hydroxylation sites is 1. The van der Waals surface area contributed by atoms with Crippen molar-refractivity contribution in [1.82, 2.24) is 5.32 Å². The summed E-state index contributed by atoms with van der Waals surface area (Å²) < 4.78 is 5.19. The Kier molecular flexibility index (Phi) is 4.76. The third-order valence-corrected chi connectivity index (χ3v) is 3.92. The Bertz CT molecular complexity index is 594. The van der Waals surface area contributed by atoms with Crippen LogP contribution in [0.15, 0.2) is 36.4 Å². The molecule has 0 saturated carbocycles. The van der Waals surface area contributed by atoms with E-state index < -0.39 is 6.10 Å². The first-order chi connectivity index (χ1) is 9.61. The van der Waals surface area contributed by atoms with Gasteiger partial charge in [0.05, 0.1) is 18.1 Å². The highest BCUT2D eigenvalue weighted by molar-refractivity contribution is 7.13. The second-order valence-corrected chi connectivity index (χ2v) is 5.67. The van der Waals surface area contributed by atoms with E-state index in [9.17, 15) is 9.90 Å². The van der Waals surface area contributed by atoms with E-state index in [0.29, 0.717) is 16.2 Å². The lowest BCUT2D eigenvalue weighted by Crippen LogP contribution is -2.27. The summed E-state index contributed by atoms with van der Waals surface area (Å²) in [6, 6.07) is 10.9. The van der Waals surface area contributed by atoms with E-state index in [1.807, 2.05) is 25.1 Å². The van der Waals surface area contributed by atoms with Gasteiger partial charge in [0.25, 0.3) is 5.91 Å². The number of carbonyl (C=O) groups is 1. The van der Waals surface area contributed by atoms with E-state index in [2.05, 4.69) is 5.32 Å². The highest BCUT2D eigenvalue weighted by Gasteiger charge is 2.15. The molecule has 2 rings (SSSR count). The van der Waals surface area contributed by atoms with Crippen molar-refractivity contribution in [3.8, 4) is 5.75 Å². The Morgan fingerprint density at radius 2 is 2.10 bits per heavy atom. The summed E-state index contributed by atoms with van der Waals surface area (Å²) >= 11 is 1.43. The zero-order chi connectivity index (χ0) is 14.5. The third-order valence-electron chi connectivity index (χ3n) is 2.92. The summed E-state index contributed by atoms with van der Waals surface area (Å²) in [6.07, 6.45) is -0.795. The first-order valence-corrected chi connectivity index (χ1v) is 7.09. The highest BCUT2D eigenvalue weighted by atomic mass is 32.1. The SMILES string of the molecule is COc1ccccc1[C@@H](O)CNC(=O)c1ccc(C)s1. The average Bonchev–Trinajstić information content (AvgIpc) is 2.91. The number of thiophene rings is 1. The van der Waals surface area contributed by atoms with Gasteiger partial charge in [-0.15, -0.1) is 11.3 Å². The van der Waals surface area contributed by atoms with Gasteiger partial charge in [-0.05, 0) is 25.1 Å². The van der Waals surface area contributed by atoms with Crippen LogP contribution in [0.5, 0.6) is 5.75 Å². The highest BCUT2D eigenvalue weighted by Crippen LogP contribution is 2.24. The minimum Gasteiger partial charge on any atom is -0.496 e. The second kappa shape index (κ2) is 6.54. The quantitative estimate of drug-likeness (QED) is 0.890. The van der Waals surface area contributed by atoms with Crippen LogP contribution in [-0.2, 0) is 0 Å². The molecule has 1 aromatic heterocycles. The Morgan fingerprint density at radius 3 is 2.75 bits per heavy atom. The summed E-state index contributed by atoms with van der Waals surface area (Å²) in [5.74, 6) is 0.443. The molecule has 4 nitrogen and oxygen atoms in total. The molecular weight excluding hydrogens is 274 g/mol. The van der Waals surface area contributed by atoms with Crippen LogP contribution in [0.2, 0.25) is 0 Å². The first kappa shape index (κ1) is 14.6. The van der Waals surface area contributed by atoms with Crippen LogP contribution in [-0.4, -0.2) is 24.7 Å². The summed E-state index contributed by atoms with van der Waals surface area (Å²) in [6.45, 7) is 2.10. The van der Waals surface area contributed by atoms with Crippen LogP contribution >= 0.6 is 11.3 Å². The van der Waals surface area contributed by atoms with Crippen molar-refractivity contribution in [2.24, 2.45) is 0 Å². The lowest BCUT2D eigenvalue weighted by Gasteiger charge is -2.15. The molecule has 0 bridgehead atoms. The van der Waals surface area contributed by atoms with E-state index in [1.165, 1.54) is 11.3 Å². The van der Waals surface area contributed by atoms with Gasteiger partial charge < -0.3 is 15.2 Å². The summed E-state index contributed by atoms with van der Waals surface area (Å²) in [5, 5.41) is 12.9. The molecule has 0 aliphatic heterocycles. The van der Waals surface area contributed by atoms with Crippen molar-refractivity contribution in [2.75, 3.05) is 13.7 Å². The molecule has 0 unspecified atom stereocenters. The molecule has 0 saturated heterocycles. The van der Waals surface area contributed by atoms with Gasteiger partial charge in [-0.2, -0.15) is 0 Å². The smallest absolute Gasteiger partial charge is 0.261 e. The molecule has 0 spiro atoms. The minimum atomic E-state index is -0.795. The maximum absolute atomic E-state index is 11.9. The molecule has 0 aliphatic carbocycles. The number of hydrogen-bond donors (Lipinski definition) is 2. The van der Waals surface area contributed by atoms with Gasteiger partial charge in [0.15, 0.2) is 0 Å². The molecule has 1 aromatic carbocycles. The fourth-order valence-electron chi connectivity index (χ4n) is 1.88. The van der Waals surface area contributed by atoms with Crippen molar-refractivity contribution in [2.45, 2.75) is 13.0 Å². The van der Waals surface area contributed by atoms with Crippen molar-refractivity contribution < 1.29 is 14.6 Å². The number of aryl methyl sites for hydroxylation is 1. The molecule has 0 fully saturated rings. The number of aliphatic hydroxyl groups excluding tert-OH is 1. The lowest BCUT2D eigenvalue weighted by atomic mass is 10.1. The molecular formula is C15H17NO3S. The summed E-state index contributed by atoms with van der Waals surface area (Å²) in [5.41, 5.74) is 0.665. The molecule has 0 aliphatic rings. The molecule has 2 N–H and O–H groups in total. The van der Waals surface area contributed by atoms with E-state index in [4.69, 9.17) is 4.74 Å². The molecule has 2 aromatic rings. The Hall–Kier alpha value is -1.85. The van der Waals surface area contributed by atoms with Gasteiger partial charge in [0.2, 0.25) is 0 Å². The van der Waals surface area contributed by atoms with E-state index in [1.54, 1.807) is 25.3 Å². The zero-order valence-electron chi connectivity index (χ0n) is 11.4. The van der Waals surface area contributed by atoms with Gasteiger partial charge >= 0.3 is 0 Å². The molecule has 0 radical (unpaired) electrons. The van der Waals surface area contributed by atoms with Crippen LogP contribution in [0, 0.1) is 6.92 Å². The molecule has 106 valence electrons. The second-order valence-electron chi connectivity index (χ2n) is 4.38. The van der Waals surface area contributed by atoms with Crippen LogP contribution in [0.4, 0.5) is 0 Å². The maximum Gasteiger partial charge on any atom is 0.261 e. The fourth-order valence-corrected chi connectivity index (χ4v) is 2.67. The number of carbonyl (C=O) groups excluding carboxylic acids is 1. The van der Waals surface area contributed by atoms with Crippen molar-refractivity contribution in [3.05, 3.63) is 51.7 Å². The molecule has 1 atom stereocenters. The number of nitrogens with one attached hydrogen (secondary N) is 1. The largest absolute Gasteiger partial charge is 0.496 e. The number of benzene rings is 1. The van der Waals surface area contributed by atoms with Crippen LogP contribution in [0.1, 0.15) is 26.2 Å². The van der Waals surface area contributed by atoms with Gasteiger partial charge in [0.1, 0.15) is 5.75 Å². The van der Waals surface area contributed by atoms with Crippen molar-refractivity contribution >= 4 is 17.2 Å². The monoisotopic (exact) mass is 291 g/mol. The Balaban J connectivity index is 1.98. The molecule has 1 heterocycles. The topological polar surface area (TPSA) is 58.6 Å². The number of aliphatic hydroxyl groups is 1. The number of ether oxygens (including phenoxy) is 1. The van der Waals surface area contributed by atoms with E-state index in [-0.39, 0.29) is 12.5 Å². The average molecular weight is 291 g/mol. The third kappa shape index (κ3) is 3.37. The van der Waals surface area contributed by atoms with Crippen molar-refractivity contribution in [3.63, 3.8) is 0 Å². The first-order valence-electron chi connectivity index (χ1n) is 6.27. The number of hydrogen-bond acceptors (Lipinski definition) is 4. The van der Waals surface area contributed by atoms with Gasteiger partial charge in [-0.1, -0.05) is 18.2 Å². The summed E-state index contributed by atoms with van der Waals surface area (Å²) in [4.78, 5) is 13.6. The Labute approximate surface area is 122 Å². The number of amides is 1. The van der Waals surface area contributed by atoms with Crippen molar-refractivity contribution in [1.29, 1.82) is 0 Å². The zero-order valence-corrected chi connectivity index (χ0v) is 12.2. The normalized spacial score (nSPS) is 11.9. The van der Waals surface area contributed by atoms with Crippen LogP contribution < -0.4 is 10.1 Å². The Morgan fingerprint density at radius 1 is 1.35 bits per heavy atom. The molecule has 5 heteroatoms. The van der Waals surface area contributed by atoms with Gasteiger partial charge in [-0.3, -0.25) is 4.79 Å². The van der Waals surface area contributed by atoms with Crippen LogP contribution in [0.25, 0.3) is 0 Å². The predicted octanol–water partition coefficient (Wildman–Crippen LogP) is 2.53. The fraction of sp³-hybridized carbons (Fsp3) is 0.267. The predicted molar refractivity (Wildman–Crippen MR) is 79.3 cm³/mol. The number of rotatable bonds is 5. The van der Waals surface area contributed by atoms with Gasteiger partial charge in [-0.25, -0.2) is 0 Å². The maximum atomic E-state index is 11.9. The lowest BCUT2D eigenvalue weighted by molar-refractivity contribution is 0.0918. The number of methoxy groups -OCH3 is 1. The van der Waals surface area contributed by atoms with E-state index >= 15 is 0 Å². The molecule has 1 amide bonds. The van der Waals surface area contributed by atoms with E-state index in [0.717, 1.165) is 4.88 Å². The summed E-state index contributed by atoms with van der Waals surface area (Å²) in [7, 11) is 1.55. The van der Waals surface area contributed by atoms with Crippen LogP contribution in [0.3, 0.4) is 0 Å². The minimum absolute atomic E-state index is 0.149. The standard InChI is InChI=1S/C15H17NO3S/c1-10-7-8-14(20-10)15(18)16-9-12(17)11-5-3-4-6-13(11)19-2/h3-8,12,17H,9H2,1-2H3,(H,16,18)/t12-/m0/s1. The molecule has 20 heavy (non-hydrogen) atoms.